The van der Waals surface area contributed by atoms with Crippen molar-refractivity contribution in [3.8, 4) is 0 Å². The zero-order valence-corrected chi connectivity index (χ0v) is 70.9. The van der Waals surface area contributed by atoms with Gasteiger partial charge in [0.15, 0.2) is 44.0 Å². The normalized spacial score (nSPS) is 41.0. The van der Waals surface area contributed by atoms with E-state index in [0.717, 1.165) is 99.5 Å². The Morgan fingerprint density at radius 3 is 0.336 bits per heavy atom. The lowest BCUT2D eigenvalue weighted by Crippen LogP contribution is -2.69. The Labute approximate surface area is 683 Å². The summed E-state index contributed by atoms with van der Waals surface area (Å²) in [5.41, 5.74) is 0. The van der Waals surface area contributed by atoms with Gasteiger partial charge in [-0.3, -0.25) is 31.9 Å². The Bertz CT molecular complexity index is 3280. The molecule has 7 N–H and O–H groups in total. The summed E-state index contributed by atoms with van der Waals surface area (Å²) in [7, 11) is -23.9. The van der Waals surface area contributed by atoms with Crippen molar-refractivity contribution >= 4 is 72.8 Å². The van der Waals surface area contributed by atoms with Crippen LogP contribution in [0.5, 0.6) is 0 Å². The molecule has 0 aliphatic carbocycles. The number of rotatable bonds is 35. The third kappa shape index (κ3) is 27.1. The number of methoxy groups -OCH3 is 14. The Balaban J connectivity index is 1.35. The van der Waals surface area contributed by atoms with Gasteiger partial charge in [0.25, 0.3) is 0 Å². The van der Waals surface area contributed by atoms with Crippen molar-refractivity contribution in [2.75, 3.05) is 146 Å². The first kappa shape index (κ1) is 102. The fraction of sp³-hybridized carbons (Fsp3) is 1.00. The van der Waals surface area contributed by atoms with Crippen LogP contribution in [-0.2, 0) is 235 Å². The van der Waals surface area contributed by atoms with E-state index in [-0.39, 0.29) is 0 Å². The summed E-state index contributed by atoms with van der Waals surface area (Å²) < 4.78 is 453. The van der Waals surface area contributed by atoms with Gasteiger partial charge in [-0.2, -0.15) is 58.9 Å². The number of ether oxygens (including phenoxy) is 28. The van der Waals surface area contributed by atoms with Crippen LogP contribution in [0.1, 0.15) is 0 Å². The van der Waals surface area contributed by atoms with Crippen LogP contribution in [0.3, 0.4) is 0 Å². The fourth-order valence-corrected chi connectivity index (χ4v) is 16.9. The van der Waals surface area contributed by atoms with Crippen molar-refractivity contribution < 1.29 is 253 Å². The van der Waals surface area contributed by atoms with Gasteiger partial charge in [0.1, 0.15) is 171 Å². The highest BCUT2D eigenvalue weighted by atomic mass is 32.3. The molecule has 0 amide bonds. The summed E-state index contributed by atoms with van der Waals surface area (Å²) in [6.07, 6.45) is -66.4. The summed E-state index contributed by atoms with van der Waals surface area (Å²) >= 11 is 0. The van der Waals surface area contributed by atoms with Crippen LogP contribution in [0.15, 0.2) is 0 Å². The summed E-state index contributed by atoms with van der Waals surface area (Å²) in [5, 5.41) is 0. The molecule has 21 rings (SSSR count). The molecular weight excluding hydrogens is 1790 g/mol. The Morgan fingerprint density at radius 1 is 0.168 bits per heavy atom. The maximum atomic E-state index is 12.5. The van der Waals surface area contributed by atoms with Crippen LogP contribution in [-0.4, -0.2) is 452 Å². The second-order valence-electron chi connectivity index (χ2n) is 26.3. The standard InChI is InChI=1S/C56H98O56S7/c1-78-36-29-22(15-92-113(57,58)59)99-50(43(36)85-8)107-30-23(16-93-114(60,61)62)101-52(45(87-10)37(30)79-2)109-32-25(18-95-116(66,67)68)103-54(47(89-12)39(32)81-4)111-34-27(20-97-118(72,73)74)105-56(49(91-14)41(34)83-6)112-35-28(21-98-119(75,76)77)104-55(48(90-13)42(35)84-7)110-33-26(19-96-117(69,70)71)102-53(46(88-11)40(33)82-5)108-31-24(17-94-115(63,64)65)100-51(106-29)44(86-9)38(31)80-3/h22-56H,15-21H2,1-14H3,(H,57,58,59)(H,60,61,62)(H,63,64,65)(H,66,67,68)(H,69,70,71)(H,72,73,74)(H,75,76,77)/t22-,23-,24-,25-,26-,27-,28-,29-,30-,31-,32-,33-,34-,35-,36+,37+,38+,39+,40+,41+,42+,43-,44-,45-,46-,47-,48-,49+,50-,51-,52-,53?,54-,55-,56-/m0/s1. The third-order valence-electron chi connectivity index (χ3n) is 19.7. The van der Waals surface area contributed by atoms with E-state index >= 15 is 0 Å². The van der Waals surface area contributed by atoms with Gasteiger partial charge >= 0.3 is 72.8 Å². The zero-order valence-electron chi connectivity index (χ0n) is 65.1. The van der Waals surface area contributed by atoms with Gasteiger partial charge < -0.3 is 133 Å². The van der Waals surface area contributed by atoms with Gasteiger partial charge in [-0.05, 0) is 0 Å². The van der Waals surface area contributed by atoms with Crippen molar-refractivity contribution in [1.82, 2.24) is 0 Å². The maximum absolute atomic E-state index is 12.5. The Hall–Kier alpha value is -2.03. The van der Waals surface area contributed by atoms with Crippen molar-refractivity contribution in [2.45, 2.75) is 215 Å². The highest BCUT2D eigenvalue weighted by Crippen LogP contribution is 2.44. The van der Waals surface area contributed by atoms with Gasteiger partial charge in [0.2, 0.25) is 0 Å². The van der Waals surface area contributed by atoms with Gasteiger partial charge in [-0.25, -0.2) is 29.3 Å². The summed E-state index contributed by atoms with van der Waals surface area (Å²) in [4.78, 5) is 0. The predicted molar refractivity (Wildman–Crippen MR) is 368 cm³/mol. The van der Waals surface area contributed by atoms with Crippen LogP contribution in [0.2, 0.25) is 0 Å². The van der Waals surface area contributed by atoms with E-state index in [1.54, 1.807) is 0 Å². The monoisotopic (exact) mass is 1890 g/mol. The third-order valence-corrected chi connectivity index (χ3v) is 22.7. The first-order valence-corrected chi connectivity index (χ1v) is 44.2. The topological polar surface area (TPSA) is 704 Å². The van der Waals surface area contributed by atoms with Gasteiger partial charge in [0.05, 0.1) is 46.2 Å². The van der Waals surface area contributed by atoms with Crippen molar-refractivity contribution in [3.63, 3.8) is 0 Å². The van der Waals surface area contributed by atoms with E-state index in [1.807, 2.05) is 0 Å². The van der Waals surface area contributed by atoms with Gasteiger partial charge in [0, 0.05) is 99.5 Å². The van der Waals surface area contributed by atoms with E-state index < -0.39 is 334 Å². The van der Waals surface area contributed by atoms with Crippen LogP contribution in [0.25, 0.3) is 0 Å². The van der Waals surface area contributed by atoms with E-state index in [9.17, 15) is 90.8 Å². The molecule has 0 radical (unpaired) electrons. The van der Waals surface area contributed by atoms with E-state index in [2.05, 4.69) is 0 Å². The molecule has 0 aromatic carbocycles. The van der Waals surface area contributed by atoms with Crippen molar-refractivity contribution in [3.05, 3.63) is 0 Å². The maximum Gasteiger partial charge on any atom is 0.397 e. The molecule has 0 aromatic heterocycles. The van der Waals surface area contributed by atoms with Crippen LogP contribution >= 0.6 is 0 Å². The van der Waals surface area contributed by atoms with Crippen LogP contribution in [0.4, 0.5) is 0 Å². The molecule has 21 saturated heterocycles. The summed E-state index contributed by atoms with van der Waals surface area (Å²) in [5.74, 6) is 0. The van der Waals surface area contributed by atoms with E-state index in [0.29, 0.717) is 0 Å². The Morgan fingerprint density at radius 2 is 0.261 bits per heavy atom. The molecule has 21 fully saturated rings. The first-order chi connectivity index (χ1) is 55.7. The molecule has 0 saturated carbocycles. The molecule has 1 unspecified atom stereocenters. The highest BCUT2D eigenvalue weighted by molar-refractivity contribution is 7.82. The lowest BCUT2D eigenvalue weighted by Gasteiger charge is -2.52. The Kier molecular flexibility index (Phi) is 37.7. The molecule has 63 heteroatoms. The molecule has 56 nitrogen and oxygen atoms in total. The number of hydrogen-bond acceptors (Lipinski definition) is 49. The molecular formula is C56H98O56S7. The number of hydrogen-bond donors (Lipinski definition) is 7. The summed E-state index contributed by atoms with van der Waals surface area (Å²) in [6, 6.07) is 0. The van der Waals surface area contributed by atoms with Crippen molar-refractivity contribution in [2.24, 2.45) is 0 Å². The van der Waals surface area contributed by atoms with Crippen LogP contribution < -0.4 is 0 Å². The predicted octanol–water partition coefficient (Wildman–Crippen LogP) is -7.28. The average molecular weight is 1890 g/mol. The van der Waals surface area contributed by atoms with Gasteiger partial charge in [-0.15, -0.1) is 0 Å². The quantitative estimate of drug-likeness (QED) is 0.0290. The largest absolute Gasteiger partial charge is 0.397 e. The molecule has 119 heavy (non-hydrogen) atoms. The second-order valence-corrected chi connectivity index (χ2v) is 33.9. The smallest absolute Gasteiger partial charge is 0.376 e. The molecule has 0 aromatic rings. The molecule has 21 aliphatic rings. The lowest BCUT2D eigenvalue weighted by molar-refractivity contribution is -0.401. The molecule has 14 bridgehead atoms. The molecule has 21 heterocycles. The first-order valence-electron chi connectivity index (χ1n) is 34.6. The molecule has 0 spiro atoms. The molecule has 21 aliphatic heterocycles. The SMILES string of the molecule is CO[C@@H]1[C@H]2O[C@@H]3O[C@@H](COS(=O)(=O)O)[C@H](O[C@@H]4O[C@@H](COS(=O)(=O)O)[C@H](O[C@@H]5O[C@@H](COS(=O)(=O)O)[C@H](O[C@@H]6O[C@@H](COS(=O)(=O)O)[C@H](OC7O[C@@H](COS(=O)(=O)O)[C@H](O[C@@H]8O[C@@H](COS(=O)(=O)O)[C@H](O[C@H](O[C@H]2COS(=O)(=O)O)[C@@H]1OC)[C@@H](OC)[C@@H]8OC)[C@@H](OC)[C@@H]7OC)[C@@H](OC)[C@@H]6OC)[C@@H](OC)[C@@H]5OC)[C@@H](OC)[C@@H]4OC)[C@@H](OC)[C@@H]3OC. The zero-order chi connectivity index (χ0) is 88.4. The van der Waals surface area contributed by atoms with Crippen molar-refractivity contribution in [1.29, 1.82) is 0 Å². The molecule has 35 atom stereocenters. The summed E-state index contributed by atoms with van der Waals surface area (Å²) in [6.45, 7) is -9.08. The minimum Gasteiger partial charge on any atom is -0.376 e. The second kappa shape index (κ2) is 43.9. The lowest BCUT2D eigenvalue weighted by atomic mass is 9.94. The van der Waals surface area contributed by atoms with Gasteiger partial charge in [-0.1, -0.05) is 0 Å². The molecule has 700 valence electrons. The van der Waals surface area contributed by atoms with E-state index in [1.165, 1.54) is 0 Å². The minimum absolute atomic E-state index is 1.04. The van der Waals surface area contributed by atoms with Crippen LogP contribution in [0, 0.1) is 0 Å². The van der Waals surface area contributed by atoms with E-state index in [4.69, 9.17) is 162 Å². The highest BCUT2D eigenvalue weighted by Gasteiger charge is 2.63. The fourth-order valence-electron chi connectivity index (χ4n) is 14.8. The average Bonchev–Trinajstić information content (AvgIpc) is 0.815. The minimum atomic E-state index is -5.50.